The van der Waals surface area contributed by atoms with Gasteiger partial charge in [-0.3, -0.25) is 29.0 Å². The highest BCUT2D eigenvalue weighted by atomic mass is 16.2. The molecule has 260 valence electrons. The van der Waals surface area contributed by atoms with Gasteiger partial charge in [0.2, 0.25) is 0 Å². The molecular formula is C44H50N2O4. The molecule has 2 aliphatic rings. The van der Waals surface area contributed by atoms with E-state index in [0.29, 0.717) is 46.1 Å². The molecule has 0 N–H and O–H groups in total. The Morgan fingerprint density at radius 1 is 0.420 bits per heavy atom. The monoisotopic (exact) mass is 670 g/mol. The van der Waals surface area contributed by atoms with Crippen LogP contribution in [0.2, 0.25) is 0 Å². The second-order valence-corrected chi connectivity index (χ2v) is 14.8. The first-order valence-electron chi connectivity index (χ1n) is 19.3. The highest BCUT2D eigenvalue weighted by molar-refractivity contribution is 6.41. The van der Waals surface area contributed by atoms with Gasteiger partial charge in [0.05, 0.1) is 0 Å². The number of carbonyl (C=O) groups excluding carboxylic acids is 4. The Morgan fingerprint density at radius 3 is 1.02 bits per heavy atom. The summed E-state index contributed by atoms with van der Waals surface area (Å²) in [6, 6.07) is 15.5. The number of carbonyl (C=O) groups is 4. The third-order valence-corrected chi connectivity index (χ3v) is 11.8. The third-order valence-electron chi connectivity index (χ3n) is 11.8. The third kappa shape index (κ3) is 5.56. The second kappa shape index (κ2) is 14.1. The maximum atomic E-state index is 14.1. The lowest BCUT2D eigenvalue weighted by Crippen LogP contribution is -2.43. The van der Waals surface area contributed by atoms with Crippen molar-refractivity contribution in [2.75, 3.05) is 13.1 Å². The molecule has 0 radical (unpaired) electrons. The lowest BCUT2D eigenvalue weighted by atomic mass is 9.82. The second-order valence-electron chi connectivity index (χ2n) is 14.8. The maximum absolute atomic E-state index is 14.1. The number of nitrogens with zero attached hydrogens (tertiary/aromatic N) is 2. The Hall–Kier alpha value is -4.32. The molecule has 5 aromatic carbocycles. The molecule has 2 heterocycles. The lowest BCUT2D eigenvalue weighted by Gasteiger charge is -2.32. The minimum Gasteiger partial charge on any atom is -0.274 e. The van der Waals surface area contributed by atoms with Crippen LogP contribution < -0.4 is 0 Å². The summed E-state index contributed by atoms with van der Waals surface area (Å²) in [6.07, 6.45) is 13.2. The van der Waals surface area contributed by atoms with Crippen LogP contribution in [-0.2, 0) is 0 Å². The topological polar surface area (TPSA) is 74.8 Å². The number of unbranched alkanes of at least 4 members (excludes halogenated alkanes) is 6. The Labute approximate surface area is 295 Å². The van der Waals surface area contributed by atoms with Gasteiger partial charge in [0, 0.05) is 46.1 Å². The van der Waals surface area contributed by atoms with Gasteiger partial charge >= 0.3 is 0 Å². The number of hydrogen-bond acceptors (Lipinski definition) is 4. The maximum Gasteiger partial charge on any atom is 0.261 e. The van der Waals surface area contributed by atoms with E-state index in [-0.39, 0.29) is 35.5 Å². The van der Waals surface area contributed by atoms with Crippen molar-refractivity contribution < 1.29 is 19.2 Å². The summed E-state index contributed by atoms with van der Waals surface area (Å²) >= 11 is 0. The van der Waals surface area contributed by atoms with Crippen molar-refractivity contribution >= 4 is 66.7 Å². The average Bonchev–Trinajstić information content (AvgIpc) is 3.14. The molecule has 2 unspecified atom stereocenters. The van der Waals surface area contributed by atoms with Gasteiger partial charge in [0.1, 0.15) is 0 Å². The van der Waals surface area contributed by atoms with Crippen LogP contribution in [-0.4, -0.2) is 46.5 Å². The standard InChI is InChI=1S/C44H50N2O4/c1-5-9-11-13-15-27(7-3)25-45-41(47)33-21-17-29-31-19-23-35-40-36(44(50)46(43(35)49)26-28(8-4)16-14-12-10-6-2)24-20-32(38(31)40)30-18-22-34(42(45)48)39(33)37(29)30/h17-24,27-28H,5-16,25-26H2,1-4H3. The van der Waals surface area contributed by atoms with Crippen molar-refractivity contribution in [2.45, 2.75) is 105 Å². The summed E-state index contributed by atoms with van der Waals surface area (Å²) in [5.41, 5.74) is 2.26. The minimum atomic E-state index is -0.221. The lowest BCUT2D eigenvalue weighted by molar-refractivity contribution is 0.0565. The molecule has 0 spiro atoms. The summed E-state index contributed by atoms with van der Waals surface area (Å²) in [5, 5.41) is 6.91. The van der Waals surface area contributed by atoms with Crippen molar-refractivity contribution in [3.05, 3.63) is 70.8 Å². The molecule has 0 saturated heterocycles. The zero-order chi connectivity index (χ0) is 35.1. The predicted octanol–water partition coefficient (Wildman–Crippen LogP) is 10.9. The van der Waals surface area contributed by atoms with Crippen LogP contribution in [0.4, 0.5) is 0 Å². The van der Waals surface area contributed by atoms with E-state index in [1.165, 1.54) is 48.3 Å². The zero-order valence-electron chi connectivity index (χ0n) is 30.2. The van der Waals surface area contributed by atoms with Gasteiger partial charge in [-0.15, -0.1) is 0 Å². The van der Waals surface area contributed by atoms with E-state index in [0.717, 1.165) is 70.8 Å². The van der Waals surface area contributed by atoms with E-state index >= 15 is 0 Å². The largest absolute Gasteiger partial charge is 0.274 e. The number of amides is 4. The fraction of sp³-hybridized carbons (Fsp3) is 0.455. The fourth-order valence-corrected chi connectivity index (χ4v) is 8.78. The summed E-state index contributed by atoms with van der Waals surface area (Å²) in [6.45, 7) is 9.58. The van der Waals surface area contributed by atoms with Gasteiger partial charge < -0.3 is 0 Å². The number of fused-ring (bicyclic) bond motifs is 2. The van der Waals surface area contributed by atoms with Gasteiger partial charge in [-0.25, -0.2) is 0 Å². The molecule has 4 amide bonds. The van der Waals surface area contributed by atoms with Crippen LogP contribution in [0.3, 0.4) is 0 Å². The van der Waals surface area contributed by atoms with E-state index in [9.17, 15) is 19.2 Å². The number of benzene rings is 5. The van der Waals surface area contributed by atoms with Crippen LogP contribution in [0, 0.1) is 11.8 Å². The van der Waals surface area contributed by atoms with Crippen LogP contribution >= 0.6 is 0 Å². The Morgan fingerprint density at radius 2 is 0.740 bits per heavy atom. The molecule has 0 bridgehead atoms. The van der Waals surface area contributed by atoms with E-state index in [2.05, 4.69) is 27.7 Å². The molecule has 6 nitrogen and oxygen atoms in total. The quantitative estimate of drug-likeness (QED) is 0.0453. The minimum absolute atomic E-state index is 0.221. The van der Waals surface area contributed by atoms with E-state index in [1.54, 1.807) is 0 Å². The first-order valence-corrected chi connectivity index (χ1v) is 19.3. The number of hydrogen-bond donors (Lipinski definition) is 0. The van der Waals surface area contributed by atoms with Gasteiger partial charge in [0.25, 0.3) is 23.6 Å². The SMILES string of the molecule is CCCCCCC(CC)CN1C(=O)c2ccc3c4ccc5c6c(ccc(c7ccc(c2c37)C1=O)c64)C(=O)N(CC(CC)CCCCCC)C5=O. The zero-order valence-corrected chi connectivity index (χ0v) is 30.2. The van der Waals surface area contributed by atoms with Crippen molar-refractivity contribution in [3.8, 4) is 0 Å². The first kappa shape index (κ1) is 34.1. The first-order chi connectivity index (χ1) is 24.3. The van der Waals surface area contributed by atoms with E-state index in [1.807, 2.05) is 48.5 Å². The van der Waals surface area contributed by atoms with Crippen LogP contribution in [0.15, 0.2) is 48.5 Å². The van der Waals surface area contributed by atoms with Crippen LogP contribution in [0.5, 0.6) is 0 Å². The summed E-state index contributed by atoms with van der Waals surface area (Å²) in [5.74, 6) is -0.327. The van der Waals surface area contributed by atoms with Gasteiger partial charge in [-0.2, -0.15) is 0 Å². The molecule has 5 aromatic rings. The molecule has 6 heteroatoms. The van der Waals surface area contributed by atoms with Crippen molar-refractivity contribution in [2.24, 2.45) is 11.8 Å². The fourth-order valence-electron chi connectivity index (χ4n) is 8.78. The van der Waals surface area contributed by atoms with Crippen molar-refractivity contribution in [1.29, 1.82) is 0 Å². The predicted molar refractivity (Wildman–Crippen MR) is 203 cm³/mol. The molecule has 0 fully saturated rings. The molecule has 7 rings (SSSR count). The average molecular weight is 671 g/mol. The molecule has 0 saturated carbocycles. The summed E-state index contributed by atoms with van der Waals surface area (Å²) in [7, 11) is 0. The molecular weight excluding hydrogens is 620 g/mol. The normalized spacial score (nSPS) is 15.8. The van der Waals surface area contributed by atoms with Crippen molar-refractivity contribution in [3.63, 3.8) is 0 Å². The van der Waals surface area contributed by atoms with Crippen LogP contribution in [0.1, 0.15) is 146 Å². The number of imide groups is 2. The van der Waals surface area contributed by atoms with Crippen LogP contribution in [0.25, 0.3) is 43.1 Å². The van der Waals surface area contributed by atoms with Gasteiger partial charge in [-0.05, 0) is 81.3 Å². The van der Waals surface area contributed by atoms with Gasteiger partial charge in [-0.1, -0.05) is 116 Å². The van der Waals surface area contributed by atoms with E-state index in [4.69, 9.17) is 0 Å². The summed E-state index contributed by atoms with van der Waals surface area (Å²) in [4.78, 5) is 59.2. The highest BCUT2D eigenvalue weighted by Crippen LogP contribution is 2.46. The Bertz CT molecular complexity index is 1860. The molecule has 2 atom stereocenters. The van der Waals surface area contributed by atoms with E-state index < -0.39 is 0 Å². The van der Waals surface area contributed by atoms with Gasteiger partial charge in [0.15, 0.2) is 0 Å². The Balaban J connectivity index is 1.28. The smallest absolute Gasteiger partial charge is 0.261 e. The number of rotatable bonds is 16. The van der Waals surface area contributed by atoms with Crippen molar-refractivity contribution in [1.82, 2.24) is 9.80 Å². The molecule has 2 aliphatic heterocycles. The Kier molecular flexibility index (Phi) is 9.65. The molecule has 0 aromatic heterocycles. The molecule has 0 aliphatic carbocycles. The summed E-state index contributed by atoms with van der Waals surface area (Å²) < 4.78 is 0. The highest BCUT2D eigenvalue weighted by Gasteiger charge is 2.37. The molecule has 50 heavy (non-hydrogen) atoms.